The Kier molecular flexibility index (Phi) is 5.31. The second kappa shape index (κ2) is 6.99. The Bertz CT molecular complexity index is 443. The van der Waals surface area contributed by atoms with E-state index in [-0.39, 0.29) is 12.6 Å². The number of rotatable bonds is 6. The molecule has 20 heavy (non-hydrogen) atoms. The molecule has 112 valence electrons. The first kappa shape index (κ1) is 15.2. The highest BCUT2D eigenvalue weighted by atomic mass is 32.1. The Hall–Kier alpha value is -1.21. The molecule has 1 aliphatic carbocycles. The van der Waals surface area contributed by atoms with E-state index in [0.717, 1.165) is 50.0 Å². The largest absolute Gasteiger partial charge is 0.394 e. The standard InChI is InChI=1S/C13H22N4O2S/c1-2-3-6-10-16-17-12(20-10)14-11(19)15-13(9-18)7-4-5-8-13/h18H,2-9H2,1H3,(H2,14,15,17,19). The molecule has 0 unspecified atom stereocenters. The van der Waals surface area contributed by atoms with Crippen LogP contribution < -0.4 is 10.6 Å². The summed E-state index contributed by atoms with van der Waals surface area (Å²) in [6, 6.07) is -0.306. The molecule has 7 heteroatoms. The molecule has 6 nitrogen and oxygen atoms in total. The number of nitrogens with one attached hydrogen (secondary N) is 2. The lowest BCUT2D eigenvalue weighted by molar-refractivity contribution is 0.167. The third-order valence-electron chi connectivity index (χ3n) is 3.67. The topological polar surface area (TPSA) is 87.1 Å². The van der Waals surface area contributed by atoms with Crippen molar-refractivity contribution in [3.8, 4) is 0 Å². The van der Waals surface area contributed by atoms with Crippen molar-refractivity contribution < 1.29 is 9.90 Å². The summed E-state index contributed by atoms with van der Waals surface area (Å²) in [6.45, 7) is 2.11. The van der Waals surface area contributed by atoms with Crippen LogP contribution in [0.1, 0.15) is 50.5 Å². The van der Waals surface area contributed by atoms with Crippen LogP contribution in [0.25, 0.3) is 0 Å². The predicted molar refractivity (Wildman–Crippen MR) is 79.0 cm³/mol. The van der Waals surface area contributed by atoms with Crippen molar-refractivity contribution in [2.45, 2.75) is 57.4 Å². The maximum absolute atomic E-state index is 12.0. The Labute approximate surface area is 123 Å². The van der Waals surface area contributed by atoms with Crippen LogP contribution in [0.3, 0.4) is 0 Å². The number of hydrogen-bond acceptors (Lipinski definition) is 5. The Morgan fingerprint density at radius 3 is 2.80 bits per heavy atom. The number of carbonyl (C=O) groups excluding carboxylic acids is 1. The highest BCUT2D eigenvalue weighted by molar-refractivity contribution is 7.15. The number of urea groups is 1. The van der Waals surface area contributed by atoms with E-state index in [1.54, 1.807) is 0 Å². The van der Waals surface area contributed by atoms with E-state index in [9.17, 15) is 9.90 Å². The maximum Gasteiger partial charge on any atom is 0.321 e. The number of carbonyl (C=O) groups is 1. The van der Waals surface area contributed by atoms with Gasteiger partial charge in [-0.25, -0.2) is 4.79 Å². The zero-order valence-corrected chi connectivity index (χ0v) is 12.6. The fraction of sp³-hybridized carbons (Fsp3) is 0.769. The first-order valence-electron chi connectivity index (χ1n) is 7.20. The van der Waals surface area contributed by atoms with Crippen molar-refractivity contribution in [3.05, 3.63) is 5.01 Å². The van der Waals surface area contributed by atoms with Gasteiger partial charge < -0.3 is 10.4 Å². The predicted octanol–water partition coefficient (Wildman–Crippen LogP) is 2.31. The number of unbranched alkanes of at least 4 members (excludes halogenated alkanes) is 1. The van der Waals surface area contributed by atoms with Crippen molar-refractivity contribution in [1.29, 1.82) is 0 Å². The van der Waals surface area contributed by atoms with Crippen LogP contribution in [0.4, 0.5) is 9.93 Å². The molecule has 1 saturated carbocycles. The van der Waals surface area contributed by atoms with Gasteiger partial charge in [0, 0.05) is 6.42 Å². The normalized spacial score (nSPS) is 17.1. The van der Waals surface area contributed by atoms with Crippen LogP contribution in [0.2, 0.25) is 0 Å². The Balaban J connectivity index is 1.86. The highest BCUT2D eigenvalue weighted by Gasteiger charge is 2.34. The monoisotopic (exact) mass is 298 g/mol. The van der Waals surface area contributed by atoms with E-state index in [0.29, 0.717) is 5.13 Å². The smallest absolute Gasteiger partial charge is 0.321 e. The molecule has 0 aromatic carbocycles. The van der Waals surface area contributed by atoms with Gasteiger partial charge in [-0.2, -0.15) is 0 Å². The van der Waals surface area contributed by atoms with Gasteiger partial charge in [0.25, 0.3) is 0 Å². The van der Waals surface area contributed by atoms with Gasteiger partial charge in [0.2, 0.25) is 5.13 Å². The lowest BCUT2D eigenvalue weighted by Crippen LogP contribution is -2.50. The molecule has 1 fully saturated rings. The fourth-order valence-corrected chi connectivity index (χ4v) is 3.25. The average Bonchev–Trinajstić information content (AvgIpc) is 3.06. The number of aliphatic hydroxyl groups is 1. The van der Waals surface area contributed by atoms with Crippen LogP contribution in [-0.2, 0) is 6.42 Å². The van der Waals surface area contributed by atoms with Gasteiger partial charge in [0.05, 0.1) is 12.1 Å². The zero-order chi connectivity index (χ0) is 14.4. The molecule has 1 aromatic heterocycles. The van der Waals surface area contributed by atoms with Gasteiger partial charge in [0.15, 0.2) is 0 Å². The van der Waals surface area contributed by atoms with Gasteiger partial charge in [0.1, 0.15) is 5.01 Å². The molecule has 0 radical (unpaired) electrons. The number of aromatic nitrogens is 2. The van der Waals surface area contributed by atoms with Crippen LogP contribution in [0.5, 0.6) is 0 Å². The van der Waals surface area contributed by atoms with Gasteiger partial charge in [-0.1, -0.05) is 37.5 Å². The Morgan fingerprint density at radius 2 is 2.15 bits per heavy atom. The van der Waals surface area contributed by atoms with Gasteiger partial charge >= 0.3 is 6.03 Å². The van der Waals surface area contributed by atoms with E-state index < -0.39 is 5.54 Å². The second-order valence-electron chi connectivity index (χ2n) is 5.33. The molecule has 0 saturated heterocycles. The summed E-state index contributed by atoms with van der Waals surface area (Å²) in [5.74, 6) is 0. The highest BCUT2D eigenvalue weighted by Crippen LogP contribution is 2.29. The van der Waals surface area contributed by atoms with Gasteiger partial charge in [-0.15, -0.1) is 10.2 Å². The van der Waals surface area contributed by atoms with E-state index >= 15 is 0 Å². The van der Waals surface area contributed by atoms with Crippen molar-refractivity contribution in [3.63, 3.8) is 0 Å². The molecule has 1 aliphatic rings. The molecule has 0 spiro atoms. The summed E-state index contributed by atoms with van der Waals surface area (Å²) >= 11 is 1.41. The van der Waals surface area contributed by atoms with E-state index in [4.69, 9.17) is 0 Å². The summed E-state index contributed by atoms with van der Waals surface area (Å²) in [6.07, 6.45) is 6.83. The zero-order valence-electron chi connectivity index (χ0n) is 11.8. The molecule has 0 bridgehead atoms. The maximum atomic E-state index is 12.0. The van der Waals surface area contributed by atoms with Crippen molar-refractivity contribution >= 4 is 22.5 Å². The molecule has 3 N–H and O–H groups in total. The summed E-state index contributed by atoms with van der Waals surface area (Å²) in [7, 11) is 0. The van der Waals surface area contributed by atoms with Gasteiger partial charge in [-0.05, 0) is 19.3 Å². The van der Waals surface area contributed by atoms with E-state index in [2.05, 4.69) is 27.8 Å². The number of aryl methyl sites for hydroxylation is 1. The quantitative estimate of drug-likeness (QED) is 0.752. The van der Waals surface area contributed by atoms with Crippen molar-refractivity contribution in [1.82, 2.24) is 15.5 Å². The molecule has 0 aliphatic heterocycles. The molecule has 2 rings (SSSR count). The molecule has 2 amide bonds. The minimum Gasteiger partial charge on any atom is -0.394 e. The summed E-state index contributed by atoms with van der Waals surface area (Å²) < 4.78 is 0. The average molecular weight is 298 g/mol. The lowest BCUT2D eigenvalue weighted by Gasteiger charge is -2.27. The first-order chi connectivity index (χ1) is 9.67. The SMILES string of the molecule is CCCCc1nnc(NC(=O)NC2(CO)CCCC2)s1. The molecular weight excluding hydrogens is 276 g/mol. The van der Waals surface area contributed by atoms with E-state index in [1.807, 2.05) is 0 Å². The third-order valence-corrected chi connectivity index (χ3v) is 4.57. The van der Waals surface area contributed by atoms with Crippen LogP contribution >= 0.6 is 11.3 Å². The van der Waals surface area contributed by atoms with Crippen LogP contribution in [0.15, 0.2) is 0 Å². The minimum absolute atomic E-state index is 0.0156. The van der Waals surface area contributed by atoms with Crippen molar-refractivity contribution in [2.75, 3.05) is 11.9 Å². The Morgan fingerprint density at radius 1 is 1.40 bits per heavy atom. The lowest BCUT2D eigenvalue weighted by atomic mass is 9.99. The number of nitrogens with zero attached hydrogens (tertiary/aromatic N) is 2. The number of hydrogen-bond donors (Lipinski definition) is 3. The number of aliphatic hydroxyl groups excluding tert-OH is 1. The summed E-state index contributed by atoms with van der Waals surface area (Å²) in [5.41, 5.74) is -0.459. The van der Waals surface area contributed by atoms with Crippen LogP contribution in [0, 0.1) is 0 Å². The fourth-order valence-electron chi connectivity index (χ4n) is 2.48. The van der Waals surface area contributed by atoms with Crippen LogP contribution in [-0.4, -0.2) is 33.5 Å². The number of anilines is 1. The summed E-state index contributed by atoms with van der Waals surface area (Å²) in [5, 5.41) is 24.5. The molecule has 1 heterocycles. The van der Waals surface area contributed by atoms with E-state index in [1.165, 1.54) is 11.3 Å². The van der Waals surface area contributed by atoms with Crippen molar-refractivity contribution in [2.24, 2.45) is 0 Å². The minimum atomic E-state index is -0.459. The van der Waals surface area contributed by atoms with Gasteiger partial charge in [-0.3, -0.25) is 5.32 Å². The second-order valence-corrected chi connectivity index (χ2v) is 6.39. The first-order valence-corrected chi connectivity index (χ1v) is 8.01. The molecular formula is C13H22N4O2S. The number of amides is 2. The summed E-state index contributed by atoms with van der Waals surface area (Å²) in [4.78, 5) is 12.0. The third kappa shape index (κ3) is 3.89. The molecule has 0 atom stereocenters. The molecule has 1 aromatic rings.